The van der Waals surface area contributed by atoms with Crippen molar-refractivity contribution in [2.24, 2.45) is 0 Å². The van der Waals surface area contributed by atoms with E-state index in [0.29, 0.717) is 11.5 Å². The molecule has 36 heavy (non-hydrogen) atoms. The Kier molecular flexibility index (Phi) is 10.6. The van der Waals surface area contributed by atoms with Gasteiger partial charge in [0.05, 0.1) is 0 Å². The van der Waals surface area contributed by atoms with Gasteiger partial charge in [0.15, 0.2) is 0 Å². The Balaban J connectivity index is 0.00000148. The molecule has 0 amide bonds. The van der Waals surface area contributed by atoms with E-state index in [1.54, 1.807) is 0 Å². The van der Waals surface area contributed by atoms with Crippen LogP contribution in [-0.2, 0) is 18.2 Å². The quantitative estimate of drug-likeness (QED) is 0.106. The molecule has 0 N–H and O–H groups in total. The Labute approximate surface area is 230 Å². The van der Waals surface area contributed by atoms with Gasteiger partial charge in [-0.05, 0) is 0 Å². The maximum Gasteiger partial charge on any atom is 0.147 e. The zero-order chi connectivity index (χ0) is 25.0. The van der Waals surface area contributed by atoms with Crippen LogP contribution in [0.5, 0.6) is 11.5 Å². The van der Waals surface area contributed by atoms with Gasteiger partial charge in [-0.2, -0.15) is 6.07 Å². The Hall–Kier alpha value is -2.49. The monoisotopic (exact) mass is 618 g/mol. The summed E-state index contributed by atoms with van der Waals surface area (Å²) in [5, 5.41) is 4.61. The Morgan fingerprint density at radius 3 is 0.972 bits per heavy atom. The molecule has 0 aliphatic rings. The fraction of sp³-hybridized carbons (Fsp3) is 0. The predicted octanol–water partition coefficient (Wildman–Crippen LogP) is 7.03. The molecule has 0 radical (unpaired) electrons. The minimum Gasteiger partial charge on any atom is -0.490 e. The van der Waals surface area contributed by atoms with Gasteiger partial charge in [-0.15, -0.1) is 12.1 Å². The van der Waals surface area contributed by atoms with Crippen molar-refractivity contribution in [2.45, 2.75) is 0 Å². The van der Waals surface area contributed by atoms with Crippen molar-refractivity contribution < 1.29 is 27.2 Å². The number of hydrogen-bond donors (Lipinski definition) is 0. The van der Waals surface area contributed by atoms with E-state index in [1.165, 1.54) is 0 Å². The van der Waals surface area contributed by atoms with Gasteiger partial charge in [-0.1, -0.05) is 127 Å². The van der Waals surface area contributed by atoms with Crippen molar-refractivity contribution in [1.29, 1.82) is 0 Å². The summed E-state index contributed by atoms with van der Waals surface area (Å²) in [5.74, 6) is 1.35. The molecular formula is C30H23ClO2P2Pd. The predicted molar refractivity (Wildman–Crippen MR) is 151 cm³/mol. The number of halogens is 1. The summed E-state index contributed by atoms with van der Waals surface area (Å²) in [6, 6.07) is 50.6. The zero-order valence-corrected chi connectivity index (χ0v) is 23.3. The summed E-state index contributed by atoms with van der Waals surface area (Å²) in [6.45, 7) is 0. The van der Waals surface area contributed by atoms with Crippen molar-refractivity contribution in [2.75, 3.05) is 0 Å². The maximum absolute atomic E-state index is 6.56. The van der Waals surface area contributed by atoms with Gasteiger partial charge in [-0.3, -0.25) is 0 Å². The van der Waals surface area contributed by atoms with Gasteiger partial charge in [0.25, 0.3) is 0 Å². The molecule has 0 atom stereocenters. The van der Waals surface area contributed by atoms with Gasteiger partial charge in [0, 0.05) is 32.7 Å². The van der Waals surface area contributed by atoms with Crippen LogP contribution in [0.2, 0.25) is 0 Å². The molecule has 0 unspecified atom stereocenters. The molecule has 0 aliphatic carbocycles. The summed E-state index contributed by atoms with van der Waals surface area (Å²) in [7, 11) is 2.43. The topological polar surface area (TPSA) is 18.5 Å². The summed E-state index contributed by atoms with van der Waals surface area (Å²) in [4.78, 5) is 0. The Bertz CT molecular complexity index is 1130. The third kappa shape index (κ3) is 7.27. The third-order valence-corrected chi connectivity index (χ3v) is 8.91. The van der Waals surface area contributed by atoms with Crippen LogP contribution >= 0.6 is 25.8 Å². The van der Waals surface area contributed by atoms with Crippen LogP contribution in [0.25, 0.3) is 0 Å². The molecule has 0 saturated heterocycles. The second-order valence-electron chi connectivity index (χ2n) is 7.49. The molecule has 0 aliphatic heterocycles. The molecule has 2 nitrogen and oxygen atoms in total. The summed E-state index contributed by atoms with van der Waals surface area (Å²) in [5.41, 5.74) is 0. The average molecular weight is 619 g/mol. The van der Waals surface area contributed by atoms with E-state index in [9.17, 15) is 0 Å². The van der Waals surface area contributed by atoms with Crippen LogP contribution < -0.4 is 30.3 Å². The number of hydrogen-bond acceptors (Lipinski definition) is 2. The summed E-state index contributed by atoms with van der Waals surface area (Å²) >= 11 is 2.22. The van der Waals surface area contributed by atoms with Crippen molar-refractivity contribution in [3.63, 3.8) is 0 Å². The van der Waals surface area contributed by atoms with Gasteiger partial charge in [0.2, 0.25) is 0 Å². The first kappa shape index (κ1) is 26.6. The molecule has 6 heteroatoms. The molecule has 0 saturated carbocycles. The van der Waals surface area contributed by atoms with Crippen molar-refractivity contribution in [1.82, 2.24) is 0 Å². The van der Waals surface area contributed by atoms with Crippen LogP contribution in [0, 0.1) is 6.07 Å². The first-order valence-electron chi connectivity index (χ1n) is 11.2. The molecule has 0 heterocycles. The van der Waals surface area contributed by atoms with Crippen molar-refractivity contribution in [3.05, 3.63) is 146 Å². The van der Waals surface area contributed by atoms with E-state index in [0.717, 1.165) is 21.2 Å². The van der Waals surface area contributed by atoms with E-state index in [-0.39, 0.29) is 0 Å². The number of benzene rings is 5. The van der Waals surface area contributed by atoms with E-state index < -0.39 is 16.3 Å². The molecule has 5 aromatic carbocycles. The van der Waals surface area contributed by atoms with Gasteiger partial charge < -0.3 is 9.05 Å². The van der Waals surface area contributed by atoms with Crippen LogP contribution in [0.15, 0.2) is 140 Å². The fourth-order valence-corrected chi connectivity index (χ4v) is 6.89. The molecule has 0 spiro atoms. The molecule has 0 aromatic heterocycles. The van der Waals surface area contributed by atoms with Crippen LogP contribution in [0.3, 0.4) is 0 Å². The molecule has 182 valence electrons. The molecule has 5 rings (SSSR count). The third-order valence-electron chi connectivity index (χ3n) is 5.08. The van der Waals surface area contributed by atoms with Gasteiger partial charge in [0.1, 0.15) is 16.3 Å². The van der Waals surface area contributed by atoms with Gasteiger partial charge in [-0.25, -0.2) is 0 Å². The standard InChI is InChI=1S/C30H23O2P2.ClH.Pd/c1-5-16-27(17-6-1)33(28-18-7-2-8-19-28)31-25-14-13-15-26(24-25)32-34(29-20-9-3-10-21-29)30-22-11-4-12-23-30;;/h1-23H;1H;/q-1;;+2/p-1. The molecular weight excluding hydrogens is 596 g/mol. The maximum atomic E-state index is 6.56. The first-order chi connectivity index (χ1) is 17.9. The average Bonchev–Trinajstić information content (AvgIpc) is 2.98. The van der Waals surface area contributed by atoms with Crippen molar-refractivity contribution >= 4 is 47.0 Å². The Morgan fingerprint density at radius 1 is 0.417 bits per heavy atom. The first-order valence-corrected chi connectivity index (χ1v) is 15.7. The molecule has 5 aromatic rings. The SMILES string of the molecule is [Cl][Pd+].[c-]1c(OP(c2ccccc2)c2ccccc2)cccc1OP(c1ccccc1)c1ccccc1. The smallest absolute Gasteiger partial charge is 0.147 e. The van der Waals surface area contributed by atoms with Crippen LogP contribution in [-0.4, -0.2) is 0 Å². The Morgan fingerprint density at radius 2 is 0.694 bits per heavy atom. The fourth-order valence-electron chi connectivity index (χ4n) is 3.49. The number of rotatable bonds is 8. The minimum absolute atomic E-state index is 0.674. The van der Waals surface area contributed by atoms with E-state index in [4.69, 9.17) is 9.05 Å². The minimum atomic E-state index is -1.03. The van der Waals surface area contributed by atoms with Crippen LogP contribution in [0.1, 0.15) is 0 Å². The molecule has 0 fully saturated rings. The molecule has 0 bridgehead atoms. The second-order valence-corrected chi connectivity index (χ2v) is 11.1. The summed E-state index contributed by atoms with van der Waals surface area (Å²) < 4.78 is 13.1. The second kappa shape index (κ2) is 14.3. The summed E-state index contributed by atoms with van der Waals surface area (Å²) in [6.07, 6.45) is 0. The van der Waals surface area contributed by atoms with E-state index >= 15 is 0 Å². The van der Waals surface area contributed by atoms with Crippen LogP contribution in [0.4, 0.5) is 0 Å². The largest absolute Gasteiger partial charge is 0.490 e. The van der Waals surface area contributed by atoms with Gasteiger partial charge >= 0.3 is 27.7 Å². The van der Waals surface area contributed by atoms with Crippen molar-refractivity contribution in [3.8, 4) is 11.5 Å². The van der Waals surface area contributed by atoms with E-state index in [1.807, 2.05) is 91.0 Å². The normalized spacial score (nSPS) is 10.5. The zero-order valence-electron chi connectivity index (χ0n) is 19.2. The van der Waals surface area contributed by atoms with E-state index in [2.05, 4.69) is 82.3 Å².